The van der Waals surface area contributed by atoms with E-state index >= 15 is 0 Å². The van der Waals surface area contributed by atoms with Crippen molar-refractivity contribution in [1.29, 1.82) is 5.26 Å². The van der Waals surface area contributed by atoms with Crippen LogP contribution in [0.25, 0.3) is 0 Å². The average Bonchev–Trinajstić information content (AvgIpc) is 2.26. The zero-order chi connectivity index (χ0) is 9.30. The van der Waals surface area contributed by atoms with Crippen molar-refractivity contribution < 1.29 is 0 Å². The van der Waals surface area contributed by atoms with Crippen molar-refractivity contribution in [2.24, 2.45) is 7.05 Å². The Balaban J connectivity index is 3.34. The van der Waals surface area contributed by atoms with Crippen molar-refractivity contribution in [3.63, 3.8) is 0 Å². The fourth-order valence-corrected chi connectivity index (χ4v) is 1.40. The summed E-state index contributed by atoms with van der Waals surface area (Å²) in [5, 5.41) is 11.2. The smallest absolute Gasteiger partial charge is 0.283 e. The van der Waals surface area contributed by atoms with E-state index in [1.54, 1.807) is 14.0 Å². The molecule has 0 saturated carbocycles. The van der Waals surface area contributed by atoms with Crippen LogP contribution in [-0.2, 0) is 7.05 Å². The molecule has 1 rings (SSSR count). The molecule has 64 valence electrons. The van der Waals surface area contributed by atoms with Crippen LogP contribution in [0.5, 0.6) is 0 Å². The summed E-state index contributed by atoms with van der Waals surface area (Å²) in [4.78, 5) is 11.0. The first-order valence-corrected chi connectivity index (χ1v) is 3.79. The van der Waals surface area contributed by atoms with Gasteiger partial charge < -0.3 is 0 Å². The van der Waals surface area contributed by atoms with Gasteiger partial charge >= 0.3 is 0 Å². The fraction of sp³-hybridized carbons (Fsp3) is 0.429. The van der Waals surface area contributed by atoms with Gasteiger partial charge in [-0.05, 0) is 6.92 Å². The lowest BCUT2D eigenvalue weighted by Crippen LogP contribution is -2.03. The third-order valence-electron chi connectivity index (χ3n) is 1.66. The zero-order valence-electron chi connectivity index (χ0n) is 6.76. The monoisotopic (exact) mass is 185 g/mol. The summed E-state index contributed by atoms with van der Waals surface area (Å²) >= 11 is 5.67. The minimum absolute atomic E-state index is 0.103. The van der Waals surface area contributed by atoms with Crippen molar-refractivity contribution in [3.05, 3.63) is 21.1 Å². The van der Waals surface area contributed by atoms with Crippen molar-refractivity contribution >= 4 is 11.6 Å². The summed E-state index contributed by atoms with van der Waals surface area (Å²) in [5.41, 5.74) is 0.181. The molecule has 0 radical (unpaired) electrons. The molecular formula is C7H8ClN3O. The van der Waals surface area contributed by atoms with Crippen LogP contribution < -0.4 is 5.56 Å². The van der Waals surface area contributed by atoms with E-state index in [0.717, 1.165) is 0 Å². The lowest BCUT2D eigenvalue weighted by Gasteiger charge is -2.02. The number of aromatic amines is 1. The molecule has 1 aromatic rings. The molecule has 12 heavy (non-hydrogen) atoms. The highest BCUT2D eigenvalue weighted by atomic mass is 35.5. The first-order chi connectivity index (χ1) is 5.57. The molecule has 0 saturated heterocycles. The average molecular weight is 186 g/mol. The van der Waals surface area contributed by atoms with Crippen molar-refractivity contribution in [3.8, 4) is 6.07 Å². The second-order valence-corrected chi connectivity index (χ2v) is 2.93. The van der Waals surface area contributed by atoms with Crippen LogP contribution >= 0.6 is 11.6 Å². The Labute approximate surface area is 74.4 Å². The van der Waals surface area contributed by atoms with Gasteiger partial charge in [0, 0.05) is 7.05 Å². The third kappa shape index (κ3) is 1.23. The van der Waals surface area contributed by atoms with E-state index in [2.05, 4.69) is 5.10 Å². The maximum atomic E-state index is 11.0. The van der Waals surface area contributed by atoms with Crippen LogP contribution in [0.15, 0.2) is 4.79 Å². The van der Waals surface area contributed by atoms with Crippen molar-refractivity contribution in [2.75, 3.05) is 0 Å². The molecule has 0 aliphatic carbocycles. The van der Waals surface area contributed by atoms with Gasteiger partial charge in [-0.15, -0.1) is 0 Å². The van der Waals surface area contributed by atoms with Crippen LogP contribution in [0.1, 0.15) is 18.5 Å². The summed E-state index contributed by atoms with van der Waals surface area (Å²) < 4.78 is 1.47. The van der Waals surface area contributed by atoms with E-state index in [-0.39, 0.29) is 16.5 Å². The Morgan fingerprint density at radius 2 is 2.33 bits per heavy atom. The predicted octanol–water partition coefficient (Wildman–Crippen LogP) is 0.994. The van der Waals surface area contributed by atoms with Crippen LogP contribution in [0.3, 0.4) is 0 Å². The van der Waals surface area contributed by atoms with Crippen LogP contribution in [0, 0.1) is 11.3 Å². The Bertz CT molecular complexity index is 384. The van der Waals surface area contributed by atoms with E-state index in [0.29, 0.717) is 5.69 Å². The number of aromatic nitrogens is 2. The number of hydrogen-bond donors (Lipinski definition) is 1. The Morgan fingerprint density at radius 3 is 2.67 bits per heavy atom. The summed E-state index contributed by atoms with van der Waals surface area (Å²) in [5.74, 6) is -0.374. The van der Waals surface area contributed by atoms with Crippen LogP contribution in [-0.4, -0.2) is 9.78 Å². The highest BCUT2D eigenvalue weighted by molar-refractivity contribution is 6.31. The molecule has 0 aliphatic rings. The lowest BCUT2D eigenvalue weighted by molar-refractivity contribution is 0.691. The molecule has 0 aliphatic heterocycles. The van der Waals surface area contributed by atoms with E-state index in [1.807, 2.05) is 6.07 Å². The molecule has 5 heteroatoms. The molecule has 1 N–H and O–H groups in total. The number of hydrogen-bond acceptors (Lipinski definition) is 2. The van der Waals surface area contributed by atoms with E-state index in [4.69, 9.17) is 16.9 Å². The second-order valence-electron chi connectivity index (χ2n) is 2.55. The minimum atomic E-state index is -0.374. The van der Waals surface area contributed by atoms with E-state index < -0.39 is 0 Å². The molecule has 0 aromatic carbocycles. The second kappa shape index (κ2) is 3.03. The van der Waals surface area contributed by atoms with Gasteiger partial charge in [-0.3, -0.25) is 14.6 Å². The van der Waals surface area contributed by atoms with Gasteiger partial charge in [0.1, 0.15) is 5.02 Å². The van der Waals surface area contributed by atoms with E-state index in [1.165, 1.54) is 4.68 Å². The number of aryl methyl sites for hydroxylation is 1. The molecule has 0 spiro atoms. The number of nitriles is 1. The maximum Gasteiger partial charge on any atom is 0.283 e. The molecule has 1 unspecified atom stereocenters. The topological polar surface area (TPSA) is 61.6 Å². The summed E-state index contributed by atoms with van der Waals surface area (Å²) in [7, 11) is 1.65. The Kier molecular flexibility index (Phi) is 2.25. The summed E-state index contributed by atoms with van der Waals surface area (Å²) in [6, 6.07) is 2.01. The maximum absolute atomic E-state index is 11.0. The SMILES string of the molecule is CC(C#N)c1c(Cl)c(=O)[nH]n1C. The number of nitrogens with one attached hydrogen (secondary N) is 1. The fourth-order valence-electron chi connectivity index (χ4n) is 1.07. The lowest BCUT2D eigenvalue weighted by atomic mass is 10.1. The molecular weight excluding hydrogens is 178 g/mol. The quantitative estimate of drug-likeness (QED) is 0.710. The van der Waals surface area contributed by atoms with Gasteiger partial charge in [-0.25, -0.2) is 0 Å². The molecule has 0 amide bonds. The van der Waals surface area contributed by atoms with Gasteiger partial charge in [0.15, 0.2) is 0 Å². The first-order valence-electron chi connectivity index (χ1n) is 3.42. The van der Waals surface area contributed by atoms with Gasteiger partial charge in [-0.1, -0.05) is 11.6 Å². The molecule has 1 heterocycles. The Hall–Kier alpha value is -1.21. The third-order valence-corrected chi connectivity index (χ3v) is 2.02. The number of rotatable bonds is 1. The molecule has 0 fully saturated rings. The highest BCUT2D eigenvalue weighted by Gasteiger charge is 2.16. The highest BCUT2D eigenvalue weighted by Crippen LogP contribution is 2.19. The standard InChI is InChI=1S/C7H8ClN3O/c1-4(3-9)6-5(8)7(12)10-11(6)2/h4H,1-2H3,(H,10,12). The van der Waals surface area contributed by atoms with Crippen molar-refractivity contribution in [1.82, 2.24) is 9.78 Å². The zero-order valence-corrected chi connectivity index (χ0v) is 7.51. The molecule has 4 nitrogen and oxygen atoms in total. The minimum Gasteiger partial charge on any atom is -0.289 e. The predicted molar refractivity (Wildman–Crippen MR) is 45.1 cm³/mol. The summed E-state index contributed by atoms with van der Waals surface area (Å²) in [6.07, 6.45) is 0. The normalized spacial score (nSPS) is 12.5. The molecule has 0 bridgehead atoms. The molecule has 1 atom stereocenters. The molecule has 1 aromatic heterocycles. The van der Waals surface area contributed by atoms with Gasteiger partial charge in [0.2, 0.25) is 0 Å². The van der Waals surface area contributed by atoms with Crippen LogP contribution in [0.4, 0.5) is 0 Å². The number of nitrogens with zero attached hydrogens (tertiary/aromatic N) is 2. The van der Waals surface area contributed by atoms with E-state index in [9.17, 15) is 4.79 Å². The number of halogens is 1. The largest absolute Gasteiger partial charge is 0.289 e. The summed E-state index contributed by atoms with van der Waals surface area (Å²) in [6.45, 7) is 1.69. The number of H-pyrrole nitrogens is 1. The van der Waals surface area contributed by atoms with Gasteiger partial charge in [0.25, 0.3) is 5.56 Å². The van der Waals surface area contributed by atoms with Crippen molar-refractivity contribution in [2.45, 2.75) is 12.8 Å². The van der Waals surface area contributed by atoms with Gasteiger partial charge in [-0.2, -0.15) is 5.26 Å². The Morgan fingerprint density at radius 1 is 1.75 bits per heavy atom. The van der Waals surface area contributed by atoms with Crippen LogP contribution in [0.2, 0.25) is 5.02 Å². The first kappa shape index (κ1) is 8.88. The van der Waals surface area contributed by atoms with Gasteiger partial charge in [0.05, 0.1) is 17.7 Å².